The van der Waals surface area contributed by atoms with Crippen LogP contribution in [0.3, 0.4) is 0 Å². The molecule has 0 radical (unpaired) electrons. The first-order valence-electron chi connectivity index (χ1n) is 10.6. The standard InChI is InChI=1S/C22H28N4O4/c27-21(26-9-5-4-8-18(26)16-25-10-12-29-13-11-25)15-23-22(28)19-14-20(30-24-19)17-6-2-1-3-7-17/h1-3,6-7,14,18H,4-5,8-13,15-16H2,(H,23,28). The van der Waals surface area contributed by atoms with E-state index in [4.69, 9.17) is 9.26 Å². The molecule has 2 amide bonds. The van der Waals surface area contributed by atoms with Crippen LogP contribution in [0.5, 0.6) is 0 Å². The Balaban J connectivity index is 1.31. The van der Waals surface area contributed by atoms with Crippen LogP contribution in [0.1, 0.15) is 29.8 Å². The number of aromatic nitrogens is 1. The van der Waals surface area contributed by atoms with E-state index in [1.165, 1.54) is 0 Å². The molecule has 2 aliphatic heterocycles. The molecule has 160 valence electrons. The van der Waals surface area contributed by atoms with Gasteiger partial charge in [-0.05, 0) is 19.3 Å². The third-order valence-electron chi connectivity index (χ3n) is 5.72. The van der Waals surface area contributed by atoms with Crippen LogP contribution in [0.2, 0.25) is 0 Å². The molecule has 2 saturated heterocycles. The van der Waals surface area contributed by atoms with Crippen molar-refractivity contribution >= 4 is 11.8 Å². The van der Waals surface area contributed by atoms with Crippen molar-refractivity contribution in [2.24, 2.45) is 0 Å². The summed E-state index contributed by atoms with van der Waals surface area (Å²) in [7, 11) is 0. The summed E-state index contributed by atoms with van der Waals surface area (Å²) in [6.07, 6.45) is 3.14. The Kier molecular flexibility index (Phi) is 6.76. The fourth-order valence-corrected chi connectivity index (χ4v) is 4.07. The molecular weight excluding hydrogens is 384 g/mol. The summed E-state index contributed by atoms with van der Waals surface area (Å²) in [6, 6.07) is 11.2. The fourth-order valence-electron chi connectivity index (χ4n) is 4.07. The monoisotopic (exact) mass is 412 g/mol. The third-order valence-corrected chi connectivity index (χ3v) is 5.72. The second-order valence-electron chi connectivity index (χ2n) is 7.77. The largest absolute Gasteiger partial charge is 0.379 e. The molecule has 1 atom stereocenters. The molecule has 30 heavy (non-hydrogen) atoms. The van der Waals surface area contributed by atoms with Gasteiger partial charge in [0.25, 0.3) is 5.91 Å². The Labute approximate surface area is 176 Å². The third kappa shape index (κ3) is 5.06. The lowest BCUT2D eigenvalue weighted by atomic mass is 10.0. The van der Waals surface area contributed by atoms with Crippen molar-refractivity contribution in [1.29, 1.82) is 0 Å². The van der Waals surface area contributed by atoms with E-state index < -0.39 is 5.91 Å². The SMILES string of the molecule is O=C(NCC(=O)N1CCCCC1CN1CCOCC1)c1cc(-c2ccccc2)on1. The smallest absolute Gasteiger partial charge is 0.273 e. The van der Waals surface area contributed by atoms with Crippen LogP contribution in [0.25, 0.3) is 11.3 Å². The number of nitrogens with one attached hydrogen (secondary N) is 1. The Morgan fingerprint density at radius 1 is 1.10 bits per heavy atom. The van der Waals surface area contributed by atoms with Crippen LogP contribution < -0.4 is 5.32 Å². The number of carbonyl (C=O) groups excluding carboxylic acids is 2. The minimum absolute atomic E-state index is 0.0357. The van der Waals surface area contributed by atoms with Gasteiger partial charge in [0, 0.05) is 43.9 Å². The molecule has 3 heterocycles. The molecule has 2 fully saturated rings. The van der Waals surface area contributed by atoms with E-state index >= 15 is 0 Å². The number of benzene rings is 1. The molecule has 2 aliphatic rings. The molecular formula is C22H28N4O4. The van der Waals surface area contributed by atoms with Crippen molar-refractivity contribution in [3.05, 3.63) is 42.1 Å². The van der Waals surface area contributed by atoms with Gasteiger partial charge >= 0.3 is 0 Å². The van der Waals surface area contributed by atoms with Crippen LogP contribution >= 0.6 is 0 Å². The first kappa shape index (κ1) is 20.6. The summed E-state index contributed by atoms with van der Waals surface area (Å²) in [5.41, 5.74) is 1.02. The lowest BCUT2D eigenvalue weighted by molar-refractivity contribution is -0.134. The number of likely N-dealkylation sites (tertiary alicyclic amines) is 1. The van der Waals surface area contributed by atoms with Crippen LogP contribution in [0.4, 0.5) is 0 Å². The quantitative estimate of drug-likeness (QED) is 0.778. The Morgan fingerprint density at radius 2 is 1.90 bits per heavy atom. The van der Waals surface area contributed by atoms with E-state index in [-0.39, 0.29) is 24.2 Å². The van der Waals surface area contributed by atoms with Gasteiger partial charge in [0.2, 0.25) is 5.91 Å². The van der Waals surface area contributed by atoms with E-state index in [1.807, 2.05) is 35.2 Å². The minimum Gasteiger partial charge on any atom is -0.379 e. The second-order valence-corrected chi connectivity index (χ2v) is 7.77. The van der Waals surface area contributed by atoms with Gasteiger partial charge in [-0.1, -0.05) is 35.5 Å². The van der Waals surface area contributed by atoms with Gasteiger partial charge in [-0.15, -0.1) is 0 Å². The highest BCUT2D eigenvalue weighted by molar-refractivity contribution is 5.95. The lowest BCUT2D eigenvalue weighted by Gasteiger charge is -2.39. The van der Waals surface area contributed by atoms with Crippen molar-refractivity contribution in [1.82, 2.24) is 20.3 Å². The highest BCUT2D eigenvalue weighted by Crippen LogP contribution is 2.20. The van der Waals surface area contributed by atoms with Gasteiger partial charge < -0.3 is 19.5 Å². The Morgan fingerprint density at radius 3 is 2.70 bits per heavy atom. The summed E-state index contributed by atoms with van der Waals surface area (Å²) in [5.74, 6) is 0.0674. The van der Waals surface area contributed by atoms with E-state index in [0.717, 1.165) is 64.2 Å². The number of rotatable bonds is 6. The van der Waals surface area contributed by atoms with Gasteiger partial charge in [0.1, 0.15) is 0 Å². The molecule has 2 aromatic rings. The molecule has 1 N–H and O–H groups in total. The zero-order valence-corrected chi connectivity index (χ0v) is 17.1. The van der Waals surface area contributed by atoms with Gasteiger partial charge in [0.15, 0.2) is 11.5 Å². The van der Waals surface area contributed by atoms with Gasteiger partial charge in [-0.3, -0.25) is 14.5 Å². The number of nitrogens with zero attached hydrogens (tertiary/aromatic N) is 3. The molecule has 0 spiro atoms. The summed E-state index contributed by atoms with van der Waals surface area (Å²) in [5, 5.41) is 6.54. The van der Waals surface area contributed by atoms with Crippen LogP contribution in [-0.2, 0) is 9.53 Å². The number of hydrogen-bond donors (Lipinski definition) is 1. The first-order chi connectivity index (χ1) is 14.7. The Bertz CT molecular complexity index is 848. The maximum absolute atomic E-state index is 12.8. The topological polar surface area (TPSA) is 87.9 Å². The van der Waals surface area contributed by atoms with Gasteiger partial charge in [-0.25, -0.2) is 0 Å². The summed E-state index contributed by atoms with van der Waals surface area (Å²) in [6.45, 7) is 4.89. The average molecular weight is 412 g/mol. The van der Waals surface area contributed by atoms with Gasteiger partial charge in [-0.2, -0.15) is 0 Å². The average Bonchev–Trinajstić information content (AvgIpc) is 3.29. The van der Waals surface area contributed by atoms with E-state index in [2.05, 4.69) is 15.4 Å². The highest BCUT2D eigenvalue weighted by Gasteiger charge is 2.29. The number of morpholine rings is 1. The summed E-state index contributed by atoms with van der Waals surface area (Å²) in [4.78, 5) is 29.6. The highest BCUT2D eigenvalue weighted by atomic mass is 16.5. The molecule has 0 aliphatic carbocycles. The van der Waals surface area contributed by atoms with Crippen LogP contribution in [0.15, 0.2) is 40.9 Å². The zero-order valence-electron chi connectivity index (χ0n) is 17.1. The number of ether oxygens (including phenoxy) is 1. The molecule has 8 nitrogen and oxygen atoms in total. The maximum atomic E-state index is 12.8. The number of carbonyl (C=O) groups is 2. The molecule has 0 saturated carbocycles. The molecule has 1 aromatic carbocycles. The predicted octanol–water partition coefficient (Wildman–Crippen LogP) is 1.78. The number of hydrogen-bond acceptors (Lipinski definition) is 6. The van der Waals surface area contributed by atoms with E-state index in [9.17, 15) is 9.59 Å². The molecule has 1 unspecified atom stereocenters. The van der Waals surface area contributed by atoms with E-state index in [1.54, 1.807) is 6.07 Å². The number of amides is 2. The molecule has 0 bridgehead atoms. The maximum Gasteiger partial charge on any atom is 0.273 e. The lowest BCUT2D eigenvalue weighted by Crippen LogP contribution is -2.53. The summed E-state index contributed by atoms with van der Waals surface area (Å²) < 4.78 is 10.7. The summed E-state index contributed by atoms with van der Waals surface area (Å²) >= 11 is 0. The molecule has 8 heteroatoms. The van der Waals surface area contributed by atoms with Gasteiger partial charge in [0.05, 0.1) is 19.8 Å². The number of piperidine rings is 1. The first-order valence-corrected chi connectivity index (χ1v) is 10.6. The normalized spacial score (nSPS) is 20.1. The van der Waals surface area contributed by atoms with Crippen molar-refractivity contribution in [3.63, 3.8) is 0 Å². The van der Waals surface area contributed by atoms with Crippen LogP contribution in [0, 0.1) is 0 Å². The van der Waals surface area contributed by atoms with Crippen molar-refractivity contribution in [3.8, 4) is 11.3 Å². The Hall–Kier alpha value is -2.71. The molecule has 4 rings (SSSR count). The minimum atomic E-state index is -0.406. The van der Waals surface area contributed by atoms with Crippen molar-refractivity contribution in [2.45, 2.75) is 25.3 Å². The predicted molar refractivity (Wildman–Crippen MR) is 111 cm³/mol. The van der Waals surface area contributed by atoms with Crippen molar-refractivity contribution in [2.75, 3.05) is 45.9 Å². The second kappa shape index (κ2) is 9.86. The zero-order chi connectivity index (χ0) is 20.8. The fraction of sp³-hybridized carbons (Fsp3) is 0.500. The van der Waals surface area contributed by atoms with Crippen LogP contribution in [-0.4, -0.2) is 78.8 Å². The van der Waals surface area contributed by atoms with E-state index in [0.29, 0.717) is 5.76 Å². The van der Waals surface area contributed by atoms with Crippen molar-refractivity contribution < 1.29 is 18.8 Å². The molecule has 1 aromatic heterocycles.